The summed E-state index contributed by atoms with van der Waals surface area (Å²) in [6, 6.07) is 3.62. The van der Waals surface area contributed by atoms with E-state index >= 15 is 0 Å². The fourth-order valence-corrected chi connectivity index (χ4v) is 4.67. The number of nitrogens with zero attached hydrogens (tertiary/aromatic N) is 3. The molecule has 30 heavy (non-hydrogen) atoms. The molecule has 8 nitrogen and oxygen atoms in total. The van der Waals surface area contributed by atoms with Crippen LogP contribution in [0.25, 0.3) is 11.4 Å². The highest BCUT2D eigenvalue weighted by Gasteiger charge is 2.20. The summed E-state index contributed by atoms with van der Waals surface area (Å²) < 4.78 is 12.2. The lowest BCUT2D eigenvalue weighted by Crippen LogP contribution is -2.16. The maximum atomic E-state index is 12.6. The molecule has 0 aromatic carbocycles. The molecule has 0 atom stereocenters. The van der Waals surface area contributed by atoms with Gasteiger partial charge in [-0.2, -0.15) is 0 Å². The standard InChI is InChI=1S/C20H24N4O4S2/c1-5-8-24-17(14-7-9-28-12(14)3)22-23-20(24)29-11-16(25)21-18-15(19(26)27-4)10-13(6-2)30-18/h7,9-10H,5-6,8,11H2,1-4H3,(H,21,25). The highest BCUT2D eigenvalue weighted by molar-refractivity contribution is 7.99. The van der Waals surface area contributed by atoms with E-state index in [4.69, 9.17) is 9.15 Å². The van der Waals surface area contributed by atoms with Crippen molar-refractivity contribution in [3.05, 3.63) is 34.6 Å². The Morgan fingerprint density at radius 2 is 2.13 bits per heavy atom. The van der Waals surface area contributed by atoms with Gasteiger partial charge in [0.1, 0.15) is 10.8 Å². The van der Waals surface area contributed by atoms with E-state index in [2.05, 4.69) is 22.4 Å². The number of methoxy groups -OCH3 is 1. The van der Waals surface area contributed by atoms with Crippen molar-refractivity contribution in [2.24, 2.45) is 0 Å². The number of aryl methyl sites for hydroxylation is 2. The smallest absolute Gasteiger partial charge is 0.340 e. The summed E-state index contributed by atoms with van der Waals surface area (Å²) in [5, 5.41) is 12.6. The molecule has 1 N–H and O–H groups in total. The Kier molecular flexibility index (Phi) is 7.33. The average Bonchev–Trinajstić information content (AvgIpc) is 3.44. The van der Waals surface area contributed by atoms with Crippen molar-refractivity contribution >= 4 is 40.0 Å². The minimum atomic E-state index is -0.461. The van der Waals surface area contributed by atoms with E-state index in [0.717, 1.165) is 41.4 Å². The highest BCUT2D eigenvalue weighted by Crippen LogP contribution is 2.30. The number of ether oxygens (including phenoxy) is 1. The Labute approximate surface area is 183 Å². The van der Waals surface area contributed by atoms with Crippen LogP contribution in [0.5, 0.6) is 0 Å². The number of thiophene rings is 1. The molecule has 0 aliphatic heterocycles. The quantitative estimate of drug-likeness (QED) is 0.383. The van der Waals surface area contributed by atoms with Crippen LogP contribution >= 0.6 is 23.1 Å². The zero-order chi connectivity index (χ0) is 21.7. The van der Waals surface area contributed by atoms with Crippen LogP contribution in [-0.2, 0) is 22.5 Å². The SMILES string of the molecule is CCCn1c(SCC(=O)Nc2sc(CC)cc2C(=O)OC)nnc1-c1ccoc1C. The first kappa shape index (κ1) is 22.1. The monoisotopic (exact) mass is 448 g/mol. The number of hydrogen-bond acceptors (Lipinski definition) is 8. The van der Waals surface area contributed by atoms with E-state index in [0.29, 0.717) is 15.7 Å². The number of nitrogens with one attached hydrogen (secondary N) is 1. The summed E-state index contributed by atoms with van der Waals surface area (Å²) in [5.74, 6) is 0.962. The van der Waals surface area contributed by atoms with Gasteiger partial charge in [-0.1, -0.05) is 25.6 Å². The summed E-state index contributed by atoms with van der Waals surface area (Å²) in [7, 11) is 1.33. The van der Waals surface area contributed by atoms with E-state index < -0.39 is 5.97 Å². The third-order valence-corrected chi connectivity index (χ3v) is 6.55. The lowest BCUT2D eigenvalue weighted by molar-refractivity contribution is -0.113. The third kappa shape index (κ3) is 4.76. The minimum absolute atomic E-state index is 0.145. The molecule has 1 amide bonds. The number of esters is 1. The van der Waals surface area contributed by atoms with Crippen molar-refractivity contribution in [1.29, 1.82) is 0 Å². The molecule has 10 heteroatoms. The van der Waals surface area contributed by atoms with Crippen molar-refractivity contribution in [1.82, 2.24) is 14.8 Å². The largest absolute Gasteiger partial charge is 0.469 e. The first-order valence-electron chi connectivity index (χ1n) is 9.59. The Balaban J connectivity index is 1.73. The molecule has 0 radical (unpaired) electrons. The molecule has 160 valence electrons. The predicted octanol–water partition coefficient (Wildman–Crippen LogP) is 4.40. The Morgan fingerprint density at radius 1 is 1.33 bits per heavy atom. The topological polar surface area (TPSA) is 99.2 Å². The van der Waals surface area contributed by atoms with Gasteiger partial charge in [0.2, 0.25) is 5.91 Å². The number of aromatic nitrogens is 3. The fraction of sp³-hybridized carbons (Fsp3) is 0.400. The van der Waals surface area contributed by atoms with Crippen molar-refractivity contribution in [2.75, 3.05) is 18.2 Å². The maximum absolute atomic E-state index is 12.6. The normalized spacial score (nSPS) is 10.9. The first-order valence-corrected chi connectivity index (χ1v) is 11.4. The number of rotatable bonds is 9. The van der Waals surface area contributed by atoms with Crippen LogP contribution in [0.1, 0.15) is 41.3 Å². The molecule has 0 saturated heterocycles. The highest BCUT2D eigenvalue weighted by atomic mass is 32.2. The second-order valence-corrected chi connectivity index (χ2v) is 8.57. The molecule has 0 spiro atoms. The van der Waals surface area contributed by atoms with E-state index in [-0.39, 0.29) is 11.7 Å². The maximum Gasteiger partial charge on any atom is 0.340 e. The van der Waals surface area contributed by atoms with Gasteiger partial charge in [0, 0.05) is 11.4 Å². The van der Waals surface area contributed by atoms with Gasteiger partial charge < -0.3 is 19.0 Å². The van der Waals surface area contributed by atoms with E-state index in [1.165, 1.54) is 30.2 Å². The van der Waals surface area contributed by atoms with Crippen molar-refractivity contribution in [3.8, 4) is 11.4 Å². The fourth-order valence-electron chi connectivity index (χ4n) is 2.90. The zero-order valence-corrected chi connectivity index (χ0v) is 19.0. The van der Waals surface area contributed by atoms with Gasteiger partial charge in [-0.25, -0.2) is 4.79 Å². The lowest BCUT2D eigenvalue weighted by Gasteiger charge is -2.08. The molecule has 0 aliphatic rings. The molecule has 0 unspecified atom stereocenters. The van der Waals surface area contributed by atoms with Crippen LogP contribution in [0.4, 0.5) is 5.00 Å². The van der Waals surface area contributed by atoms with Gasteiger partial charge in [-0.3, -0.25) is 4.79 Å². The van der Waals surface area contributed by atoms with Crippen LogP contribution in [0, 0.1) is 6.92 Å². The first-order chi connectivity index (χ1) is 14.5. The number of carbonyl (C=O) groups excluding carboxylic acids is 2. The van der Waals surface area contributed by atoms with Crippen LogP contribution in [-0.4, -0.2) is 39.5 Å². The number of carbonyl (C=O) groups is 2. The van der Waals surface area contributed by atoms with E-state index in [1.807, 2.05) is 24.5 Å². The minimum Gasteiger partial charge on any atom is -0.469 e. The molecule has 0 saturated carbocycles. The van der Waals surface area contributed by atoms with Crippen LogP contribution in [0.15, 0.2) is 28.0 Å². The molecule has 3 heterocycles. The van der Waals surface area contributed by atoms with E-state index in [9.17, 15) is 9.59 Å². The molecule has 3 aromatic heterocycles. The lowest BCUT2D eigenvalue weighted by atomic mass is 10.2. The number of furan rings is 1. The molecule has 3 aromatic rings. The summed E-state index contributed by atoms with van der Waals surface area (Å²) in [4.78, 5) is 25.5. The van der Waals surface area contributed by atoms with Crippen molar-refractivity contribution < 1.29 is 18.7 Å². The van der Waals surface area contributed by atoms with Gasteiger partial charge in [-0.05, 0) is 31.9 Å². The summed E-state index contributed by atoms with van der Waals surface area (Å²) in [5.41, 5.74) is 1.27. The van der Waals surface area contributed by atoms with Gasteiger partial charge in [0.15, 0.2) is 11.0 Å². The van der Waals surface area contributed by atoms with Gasteiger partial charge in [0.05, 0.1) is 30.3 Å². The number of thioether (sulfide) groups is 1. The molecule has 0 bridgehead atoms. The van der Waals surface area contributed by atoms with Crippen LogP contribution in [0.2, 0.25) is 0 Å². The van der Waals surface area contributed by atoms with Gasteiger partial charge in [-0.15, -0.1) is 21.5 Å². The summed E-state index contributed by atoms with van der Waals surface area (Å²) in [6.07, 6.45) is 3.30. The molecule has 3 rings (SSSR count). The molecule has 0 aliphatic carbocycles. The number of anilines is 1. The summed E-state index contributed by atoms with van der Waals surface area (Å²) in [6.45, 7) is 6.68. The molecular formula is C20H24N4O4S2. The third-order valence-electron chi connectivity index (χ3n) is 4.39. The van der Waals surface area contributed by atoms with Gasteiger partial charge in [0.25, 0.3) is 0 Å². The predicted molar refractivity (Wildman–Crippen MR) is 117 cm³/mol. The second kappa shape index (κ2) is 9.94. The van der Waals surface area contributed by atoms with E-state index in [1.54, 1.807) is 12.3 Å². The summed E-state index contributed by atoms with van der Waals surface area (Å²) >= 11 is 2.69. The Hall–Kier alpha value is -2.59. The Morgan fingerprint density at radius 3 is 2.77 bits per heavy atom. The number of amides is 1. The number of hydrogen-bond donors (Lipinski definition) is 1. The zero-order valence-electron chi connectivity index (χ0n) is 17.4. The van der Waals surface area contributed by atoms with Crippen LogP contribution < -0.4 is 5.32 Å². The van der Waals surface area contributed by atoms with Crippen LogP contribution in [0.3, 0.4) is 0 Å². The van der Waals surface area contributed by atoms with Crippen molar-refractivity contribution in [3.63, 3.8) is 0 Å². The molecular weight excluding hydrogens is 424 g/mol. The average molecular weight is 449 g/mol. The second-order valence-electron chi connectivity index (χ2n) is 6.49. The van der Waals surface area contributed by atoms with Gasteiger partial charge >= 0.3 is 5.97 Å². The van der Waals surface area contributed by atoms with Crippen molar-refractivity contribution in [2.45, 2.75) is 45.3 Å². The Bertz CT molecular complexity index is 1040. The molecule has 0 fully saturated rings.